The average molecular weight is 195 g/mol. The van der Waals surface area contributed by atoms with E-state index in [4.69, 9.17) is 5.73 Å². The topological polar surface area (TPSA) is 60.9 Å². The number of carbonyl (C=O) groups excluding carboxylic acids is 1. The molecule has 1 rings (SSSR count). The summed E-state index contributed by atoms with van der Waals surface area (Å²) in [6, 6.07) is 0. The second-order valence-corrected chi connectivity index (χ2v) is 4.17. The number of nitrogens with two attached hydrogens (primary N) is 1. The number of aromatic nitrogens is 2. The SMILES string of the molecule is CCC(C)(C)c1cn(C)nc1C(N)=O. The predicted molar refractivity (Wildman–Crippen MR) is 55.0 cm³/mol. The van der Waals surface area contributed by atoms with Crippen molar-refractivity contribution in [3.05, 3.63) is 17.5 Å². The lowest BCUT2D eigenvalue weighted by atomic mass is 9.82. The molecule has 0 aliphatic rings. The first-order valence-corrected chi connectivity index (χ1v) is 4.72. The number of rotatable bonds is 3. The zero-order valence-electron chi connectivity index (χ0n) is 9.16. The third-order valence-corrected chi connectivity index (χ3v) is 2.68. The molecule has 4 nitrogen and oxygen atoms in total. The molecule has 0 atom stereocenters. The first kappa shape index (κ1) is 10.8. The number of primary amides is 1. The van der Waals surface area contributed by atoms with Gasteiger partial charge in [-0.1, -0.05) is 20.8 Å². The van der Waals surface area contributed by atoms with Crippen LogP contribution in [-0.2, 0) is 12.5 Å². The Morgan fingerprint density at radius 2 is 2.21 bits per heavy atom. The van der Waals surface area contributed by atoms with Crippen LogP contribution in [0.4, 0.5) is 0 Å². The van der Waals surface area contributed by atoms with E-state index in [0.29, 0.717) is 5.69 Å². The normalized spacial score (nSPS) is 11.7. The molecule has 78 valence electrons. The number of nitrogens with zero attached hydrogens (tertiary/aromatic N) is 2. The van der Waals surface area contributed by atoms with Gasteiger partial charge in [0, 0.05) is 18.8 Å². The highest BCUT2D eigenvalue weighted by molar-refractivity contribution is 5.92. The maximum Gasteiger partial charge on any atom is 0.269 e. The van der Waals surface area contributed by atoms with E-state index in [0.717, 1.165) is 12.0 Å². The van der Waals surface area contributed by atoms with Gasteiger partial charge in [-0.05, 0) is 11.8 Å². The van der Waals surface area contributed by atoms with Crippen LogP contribution in [0.1, 0.15) is 43.2 Å². The van der Waals surface area contributed by atoms with Crippen LogP contribution in [0.3, 0.4) is 0 Å². The lowest BCUT2D eigenvalue weighted by Gasteiger charge is -2.21. The first-order chi connectivity index (χ1) is 6.38. The van der Waals surface area contributed by atoms with Gasteiger partial charge in [0.1, 0.15) is 0 Å². The lowest BCUT2D eigenvalue weighted by molar-refractivity contribution is 0.0992. The summed E-state index contributed by atoms with van der Waals surface area (Å²) >= 11 is 0. The Hall–Kier alpha value is -1.32. The summed E-state index contributed by atoms with van der Waals surface area (Å²) in [7, 11) is 1.79. The van der Waals surface area contributed by atoms with Gasteiger partial charge in [0.15, 0.2) is 5.69 Å². The van der Waals surface area contributed by atoms with E-state index in [1.54, 1.807) is 11.7 Å². The van der Waals surface area contributed by atoms with Gasteiger partial charge in [0.05, 0.1) is 0 Å². The van der Waals surface area contributed by atoms with Crippen molar-refractivity contribution in [2.75, 3.05) is 0 Å². The highest BCUT2D eigenvalue weighted by atomic mass is 16.1. The molecule has 0 aliphatic carbocycles. The van der Waals surface area contributed by atoms with Crippen molar-refractivity contribution >= 4 is 5.91 Å². The minimum Gasteiger partial charge on any atom is -0.364 e. The number of aryl methyl sites for hydroxylation is 1. The number of hydrogen-bond acceptors (Lipinski definition) is 2. The molecule has 0 bridgehead atoms. The maximum atomic E-state index is 11.1. The van der Waals surface area contributed by atoms with E-state index in [-0.39, 0.29) is 5.41 Å². The van der Waals surface area contributed by atoms with Crippen molar-refractivity contribution in [1.82, 2.24) is 9.78 Å². The molecule has 0 unspecified atom stereocenters. The molecule has 1 heterocycles. The van der Waals surface area contributed by atoms with Crippen molar-refractivity contribution in [2.45, 2.75) is 32.6 Å². The van der Waals surface area contributed by atoms with Crippen molar-refractivity contribution in [3.63, 3.8) is 0 Å². The molecule has 1 aromatic heterocycles. The number of carbonyl (C=O) groups is 1. The molecular weight excluding hydrogens is 178 g/mol. The standard InChI is InChI=1S/C10H17N3O/c1-5-10(2,3)7-6-13(4)12-8(7)9(11)14/h6H,5H2,1-4H3,(H2,11,14). The molecule has 0 aliphatic heterocycles. The summed E-state index contributed by atoms with van der Waals surface area (Å²) in [6.45, 7) is 6.24. The van der Waals surface area contributed by atoms with Gasteiger partial charge in [0.2, 0.25) is 0 Å². The lowest BCUT2D eigenvalue weighted by Crippen LogP contribution is -2.22. The van der Waals surface area contributed by atoms with Crippen molar-refractivity contribution < 1.29 is 4.79 Å². The zero-order chi connectivity index (χ0) is 10.9. The molecule has 1 amide bonds. The van der Waals surface area contributed by atoms with Crippen LogP contribution < -0.4 is 5.73 Å². The van der Waals surface area contributed by atoms with Gasteiger partial charge in [-0.25, -0.2) is 0 Å². The molecule has 0 spiro atoms. The van der Waals surface area contributed by atoms with Gasteiger partial charge in [-0.3, -0.25) is 9.48 Å². The smallest absolute Gasteiger partial charge is 0.269 e. The van der Waals surface area contributed by atoms with Gasteiger partial charge < -0.3 is 5.73 Å². The Bertz CT molecular complexity index is 352. The van der Waals surface area contributed by atoms with E-state index in [9.17, 15) is 4.79 Å². The molecule has 2 N–H and O–H groups in total. The second kappa shape index (κ2) is 3.44. The van der Waals surface area contributed by atoms with Crippen molar-refractivity contribution in [1.29, 1.82) is 0 Å². The monoisotopic (exact) mass is 195 g/mol. The van der Waals surface area contributed by atoms with E-state index < -0.39 is 5.91 Å². The fourth-order valence-corrected chi connectivity index (χ4v) is 1.36. The summed E-state index contributed by atoms with van der Waals surface area (Å²) in [6.07, 6.45) is 2.81. The van der Waals surface area contributed by atoms with Crippen molar-refractivity contribution in [2.24, 2.45) is 12.8 Å². The van der Waals surface area contributed by atoms with Gasteiger partial charge in [-0.2, -0.15) is 5.10 Å². The zero-order valence-corrected chi connectivity index (χ0v) is 9.16. The Labute approximate surface area is 84.1 Å². The summed E-state index contributed by atoms with van der Waals surface area (Å²) < 4.78 is 1.63. The molecule has 0 fully saturated rings. The minimum atomic E-state index is -0.456. The number of amides is 1. The fourth-order valence-electron chi connectivity index (χ4n) is 1.36. The molecular formula is C10H17N3O. The molecule has 0 saturated heterocycles. The van der Waals surface area contributed by atoms with Crippen LogP contribution in [0.15, 0.2) is 6.20 Å². The minimum absolute atomic E-state index is 0.0569. The number of hydrogen-bond donors (Lipinski definition) is 1. The average Bonchev–Trinajstić information content (AvgIpc) is 2.48. The first-order valence-electron chi connectivity index (χ1n) is 4.72. The van der Waals surface area contributed by atoms with E-state index in [2.05, 4.69) is 25.9 Å². The Kier molecular flexibility index (Phi) is 2.64. The molecule has 4 heteroatoms. The van der Waals surface area contributed by atoms with Crippen LogP contribution in [0.25, 0.3) is 0 Å². The van der Waals surface area contributed by atoms with E-state index in [1.807, 2.05) is 6.20 Å². The van der Waals surface area contributed by atoms with Crippen LogP contribution >= 0.6 is 0 Å². The maximum absolute atomic E-state index is 11.1. The highest BCUT2D eigenvalue weighted by Gasteiger charge is 2.26. The quantitative estimate of drug-likeness (QED) is 0.788. The van der Waals surface area contributed by atoms with Gasteiger partial charge in [0.25, 0.3) is 5.91 Å². The third kappa shape index (κ3) is 1.78. The summed E-state index contributed by atoms with van der Waals surface area (Å²) in [5, 5.41) is 4.07. The summed E-state index contributed by atoms with van der Waals surface area (Å²) in [5.41, 5.74) is 6.52. The molecule has 1 aromatic rings. The van der Waals surface area contributed by atoms with Crippen molar-refractivity contribution in [3.8, 4) is 0 Å². The van der Waals surface area contributed by atoms with Gasteiger partial charge >= 0.3 is 0 Å². The van der Waals surface area contributed by atoms with Crippen LogP contribution in [0, 0.1) is 0 Å². The summed E-state index contributed by atoms with van der Waals surface area (Å²) in [4.78, 5) is 11.1. The fraction of sp³-hybridized carbons (Fsp3) is 0.600. The van der Waals surface area contributed by atoms with Crippen LogP contribution in [0.2, 0.25) is 0 Å². The highest BCUT2D eigenvalue weighted by Crippen LogP contribution is 2.28. The van der Waals surface area contributed by atoms with Crippen LogP contribution in [-0.4, -0.2) is 15.7 Å². The molecule has 0 radical (unpaired) electrons. The molecule has 0 saturated carbocycles. The largest absolute Gasteiger partial charge is 0.364 e. The van der Waals surface area contributed by atoms with Crippen LogP contribution in [0.5, 0.6) is 0 Å². The Morgan fingerprint density at radius 1 is 1.64 bits per heavy atom. The Balaban J connectivity index is 3.26. The summed E-state index contributed by atoms with van der Waals surface area (Å²) in [5.74, 6) is -0.456. The van der Waals surface area contributed by atoms with Gasteiger partial charge in [-0.15, -0.1) is 0 Å². The molecule has 14 heavy (non-hydrogen) atoms. The second-order valence-electron chi connectivity index (χ2n) is 4.17. The predicted octanol–water partition coefficient (Wildman–Crippen LogP) is 1.21. The Morgan fingerprint density at radius 3 is 2.64 bits per heavy atom. The van der Waals surface area contributed by atoms with E-state index >= 15 is 0 Å². The van der Waals surface area contributed by atoms with E-state index in [1.165, 1.54) is 0 Å². The third-order valence-electron chi connectivity index (χ3n) is 2.68. The molecule has 0 aromatic carbocycles.